The minimum atomic E-state index is -0.459. The Balaban J connectivity index is 1.69. The first-order chi connectivity index (χ1) is 13.5. The molecular formula is C19H23N3O5S. The largest absolute Gasteiger partial charge is 0.464 e. The van der Waals surface area contributed by atoms with Crippen LogP contribution < -0.4 is 10.9 Å². The number of nitrogens with one attached hydrogen (secondary N) is 2. The summed E-state index contributed by atoms with van der Waals surface area (Å²) in [5, 5.41) is 2.97. The minimum absolute atomic E-state index is 0.194. The van der Waals surface area contributed by atoms with Crippen LogP contribution >= 0.6 is 12.2 Å². The maximum atomic E-state index is 12.6. The number of methoxy groups -OCH3 is 1. The molecule has 1 saturated carbocycles. The van der Waals surface area contributed by atoms with E-state index in [-0.39, 0.29) is 16.9 Å². The van der Waals surface area contributed by atoms with E-state index in [0.717, 1.165) is 12.8 Å². The van der Waals surface area contributed by atoms with Crippen molar-refractivity contribution in [2.24, 2.45) is 5.92 Å². The fraction of sp³-hybridized carbons (Fsp3) is 0.474. The van der Waals surface area contributed by atoms with Crippen LogP contribution in [0.5, 0.6) is 0 Å². The molecule has 0 saturated heterocycles. The highest BCUT2D eigenvalue weighted by Crippen LogP contribution is 2.28. The number of esters is 1. The molecule has 28 heavy (non-hydrogen) atoms. The number of aromatic nitrogens is 2. The van der Waals surface area contributed by atoms with Crippen LogP contribution in [0.3, 0.4) is 0 Å². The molecule has 1 fully saturated rings. The van der Waals surface area contributed by atoms with E-state index < -0.39 is 11.9 Å². The highest BCUT2D eigenvalue weighted by atomic mass is 32.1. The number of carbonyl (C=O) groups excluding carboxylic acids is 2. The summed E-state index contributed by atoms with van der Waals surface area (Å²) in [4.78, 5) is 39.6. The molecule has 2 aromatic rings. The lowest BCUT2D eigenvalue weighted by Gasteiger charge is -2.09. The van der Waals surface area contributed by atoms with Crippen LogP contribution in [-0.4, -0.2) is 48.3 Å². The number of H-pyrrole nitrogens is 1. The van der Waals surface area contributed by atoms with E-state index in [4.69, 9.17) is 21.7 Å². The number of benzene rings is 1. The Morgan fingerprint density at radius 1 is 1.36 bits per heavy atom. The number of amides is 1. The Bertz CT molecular complexity index is 993. The second-order valence-corrected chi connectivity index (χ2v) is 7.19. The zero-order valence-electron chi connectivity index (χ0n) is 15.7. The van der Waals surface area contributed by atoms with Gasteiger partial charge in [0.25, 0.3) is 11.5 Å². The monoisotopic (exact) mass is 405 g/mol. The highest BCUT2D eigenvalue weighted by Gasteiger charge is 2.23. The average Bonchev–Trinajstić information content (AvgIpc) is 3.51. The molecule has 3 rings (SSSR count). The summed E-state index contributed by atoms with van der Waals surface area (Å²) in [5.41, 5.74) is 0.581. The van der Waals surface area contributed by atoms with Gasteiger partial charge in [0.2, 0.25) is 0 Å². The summed E-state index contributed by atoms with van der Waals surface area (Å²) in [6.07, 6.45) is 2.84. The molecule has 9 heteroatoms. The van der Waals surface area contributed by atoms with Crippen molar-refractivity contribution in [2.45, 2.75) is 25.8 Å². The van der Waals surface area contributed by atoms with Gasteiger partial charge in [0.05, 0.1) is 17.5 Å². The summed E-state index contributed by atoms with van der Waals surface area (Å²) >= 11 is 5.27. The maximum absolute atomic E-state index is 12.6. The second-order valence-electron chi connectivity index (χ2n) is 6.80. The van der Waals surface area contributed by atoms with Gasteiger partial charge in [-0.15, -0.1) is 0 Å². The van der Waals surface area contributed by atoms with Crippen LogP contribution in [0.15, 0.2) is 23.0 Å². The van der Waals surface area contributed by atoms with Crippen molar-refractivity contribution < 1.29 is 19.1 Å². The number of ether oxygens (including phenoxy) is 2. The van der Waals surface area contributed by atoms with E-state index in [0.29, 0.717) is 48.6 Å². The van der Waals surface area contributed by atoms with Gasteiger partial charge in [-0.25, -0.2) is 0 Å². The Kier molecular flexibility index (Phi) is 6.58. The fourth-order valence-corrected chi connectivity index (χ4v) is 3.05. The van der Waals surface area contributed by atoms with Gasteiger partial charge in [0.1, 0.15) is 6.54 Å². The number of hydrogen-bond acceptors (Lipinski definition) is 6. The normalized spacial score (nSPS) is 13.5. The van der Waals surface area contributed by atoms with Gasteiger partial charge < -0.3 is 19.8 Å². The summed E-state index contributed by atoms with van der Waals surface area (Å²) in [7, 11) is 1.60. The Labute approximate surface area is 166 Å². The Morgan fingerprint density at radius 3 is 2.86 bits per heavy atom. The molecule has 1 aromatic heterocycles. The second kappa shape index (κ2) is 9.11. The van der Waals surface area contributed by atoms with Gasteiger partial charge >= 0.3 is 5.97 Å². The smallest absolute Gasteiger partial charge is 0.325 e. The van der Waals surface area contributed by atoms with Gasteiger partial charge in [0, 0.05) is 25.8 Å². The van der Waals surface area contributed by atoms with Crippen LogP contribution in [0.25, 0.3) is 10.9 Å². The van der Waals surface area contributed by atoms with Crippen molar-refractivity contribution >= 4 is 35.0 Å². The van der Waals surface area contributed by atoms with E-state index >= 15 is 0 Å². The van der Waals surface area contributed by atoms with Crippen molar-refractivity contribution in [1.82, 2.24) is 14.9 Å². The Morgan fingerprint density at radius 2 is 2.14 bits per heavy atom. The SMILES string of the molecule is COCCCn1c(=S)[nH]c2cc(C(=O)NCC(=O)OCC3CC3)ccc2c1=O. The molecule has 1 amide bonds. The molecular weight excluding hydrogens is 382 g/mol. The Hall–Kier alpha value is -2.52. The number of aromatic amines is 1. The molecule has 0 aliphatic heterocycles. The third kappa shape index (κ3) is 5.05. The summed E-state index contributed by atoms with van der Waals surface area (Å²) in [6.45, 7) is 1.20. The van der Waals surface area contributed by atoms with Crippen molar-refractivity contribution in [3.63, 3.8) is 0 Å². The molecule has 150 valence electrons. The third-order valence-corrected chi connectivity index (χ3v) is 4.87. The standard InChI is InChI=1S/C19H23N3O5S/c1-26-8-2-7-22-18(25)14-6-5-13(9-15(14)21-19(22)28)17(24)20-10-16(23)27-11-12-3-4-12/h5-6,9,12H,2-4,7-8,10-11H2,1H3,(H,20,24)(H,21,28). The van der Waals surface area contributed by atoms with Gasteiger partial charge in [0.15, 0.2) is 4.77 Å². The highest BCUT2D eigenvalue weighted by molar-refractivity contribution is 7.71. The van der Waals surface area contributed by atoms with E-state index in [9.17, 15) is 14.4 Å². The van der Waals surface area contributed by atoms with Gasteiger partial charge in [-0.05, 0) is 55.6 Å². The lowest BCUT2D eigenvalue weighted by atomic mass is 10.1. The van der Waals surface area contributed by atoms with E-state index in [1.54, 1.807) is 25.3 Å². The van der Waals surface area contributed by atoms with Crippen molar-refractivity contribution in [3.8, 4) is 0 Å². The van der Waals surface area contributed by atoms with E-state index in [1.165, 1.54) is 4.57 Å². The van der Waals surface area contributed by atoms with Crippen LogP contribution in [-0.2, 0) is 20.8 Å². The number of fused-ring (bicyclic) bond motifs is 1. The lowest BCUT2D eigenvalue weighted by molar-refractivity contribution is -0.142. The van der Waals surface area contributed by atoms with Crippen molar-refractivity contribution in [3.05, 3.63) is 38.9 Å². The molecule has 0 radical (unpaired) electrons. The van der Waals surface area contributed by atoms with E-state index in [1.807, 2.05) is 0 Å². The summed E-state index contributed by atoms with van der Waals surface area (Å²) < 4.78 is 11.9. The van der Waals surface area contributed by atoms with Crippen LogP contribution in [0.1, 0.15) is 29.6 Å². The van der Waals surface area contributed by atoms with Gasteiger partial charge in [-0.1, -0.05) is 0 Å². The molecule has 0 spiro atoms. The van der Waals surface area contributed by atoms with Gasteiger partial charge in [-0.3, -0.25) is 19.0 Å². The predicted molar refractivity (Wildman–Crippen MR) is 106 cm³/mol. The zero-order valence-corrected chi connectivity index (χ0v) is 16.5. The minimum Gasteiger partial charge on any atom is -0.464 e. The molecule has 1 aliphatic carbocycles. The molecule has 0 unspecified atom stereocenters. The molecule has 0 atom stereocenters. The van der Waals surface area contributed by atoms with Crippen molar-refractivity contribution in [1.29, 1.82) is 0 Å². The molecule has 0 bridgehead atoms. The number of rotatable bonds is 9. The number of nitrogens with zero attached hydrogens (tertiary/aromatic N) is 1. The first kappa shape index (κ1) is 20.2. The van der Waals surface area contributed by atoms with Crippen LogP contribution in [0, 0.1) is 10.7 Å². The lowest BCUT2D eigenvalue weighted by Crippen LogP contribution is -2.31. The van der Waals surface area contributed by atoms with Crippen LogP contribution in [0.4, 0.5) is 0 Å². The quantitative estimate of drug-likeness (QED) is 0.375. The van der Waals surface area contributed by atoms with E-state index in [2.05, 4.69) is 10.3 Å². The average molecular weight is 405 g/mol. The molecule has 2 N–H and O–H groups in total. The first-order valence-electron chi connectivity index (χ1n) is 9.19. The zero-order chi connectivity index (χ0) is 20.1. The topological polar surface area (TPSA) is 102 Å². The molecule has 1 aromatic carbocycles. The van der Waals surface area contributed by atoms with Gasteiger partial charge in [-0.2, -0.15) is 0 Å². The maximum Gasteiger partial charge on any atom is 0.325 e. The summed E-state index contributed by atoms with van der Waals surface area (Å²) in [5.74, 6) is -0.407. The van der Waals surface area contributed by atoms with Crippen LogP contribution in [0.2, 0.25) is 0 Å². The third-order valence-electron chi connectivity index (χ3n) is 4.54. The number of carbonyl (C=O) groups is 2. The predicted octanol–water partition coefficient (Wildman–Crippen LogP) is 1.78. The fourth-order valence-electron chi connectivity index (χ4n) is 2.77. The molecule has 8 nitrogen and oxygen atoms in total. The molecule has 1 heterocycles. The first-order valence-corrected chi connectivity index (χ1v) is 9.60. The summed E-state index contributed by atoms with van der Waals surface area (Å²) in [6, 6.07) is 4.68. The number of hydrogen-bond donors (Lipinski definition) is 2. The van der Waals surface area contributed by atoms with Crippen molar-refractivity contribution in [2.75, 3.05) is 26.9 Å². The molecule has 1 aliphatic rings.